The van der Waals surface area contributed by atoms with Crippen molar-refractivity contribution in [3.63, 3.8) is 0 Å². The van der Waals surface area contributed by atoms with E-state index in [-0.39, 0.29) is 0 Å². The Morgan fingerprint density at radius 1 is 0.839 bits per heavy atom. The van der Waals surface area contributed by atoms with Crippen molar-refractivity contribution < 1.29 is 0 Å². The zero-order valence-electron chi connectivity index (χ0n) is 38.0. The smallest absolute Gasteiger partial charge is 0.0495 e. The van der Waals surface area contributed by atoms with Gasteiger partial charge in [-0.2, -0.15) is 0 Å². The first-order valence-corrected chi connectivity index (χ1v) is 21.4. The highest BCUT2D eigenvalue weighted by Gasteiger charge is 2.39. The molecule has 1 atom stereocenters. The Morgan fingerprint density at radius 3 is 2.29 bits per heavy atom. The highest BCUT2D eigenvalue weighted by molar-refractivity contribution is 5.71. The molecule has 2 aromatic carbocycles. The lowest BCUT2D eigenvalue weighted by molar-refractivity contribution is 0.620. The minimum absolute atomic E-state index is 0.585. The predicted molar refractivity (Wildman–Crippen MR) is 275 cm³/mol. The number of nitrogens with zero attached hydrogens (tertiary/aromatic N) is 2. The van der Waals surface area contributed by atoms with E-state index in [0.717, 1.165) is 79.5 Å². The monoisotopic (exact) mass is 813 g/mol. The van der Waals surface area contributed by atoms with Gasteiger partial charge in [-0.25, -0.2) is 0 Å². The first-order chi connectivity index (χ1) is 30.1. The van der Waals surface area contributed by atoms with Crippen LogP contribution in [0.4, 0.5) is 11.4 Å². The molecule has 0 saturated carbocycles. The Morgan fingerprint density at radius 2 is 1.61 bits per heavy atom. The van der Waals surface area contributed by atoms with Gasteiger partial charge >= 0.3 is 0 Å². The van der Waals surface area contributed by atoms with Crippen LogP contribution >= 0.6 is 0 Å². The van der Waals surface area contributed by atoms with Gasteiger partial charge in [0.2, 0.25) is 0 Å². The maximum absolute atomic E-state index is 4.53. The molecule has 0 heterocycles. The van der Waals surface area contributed by atoms with Gasteiger partial charge in [-0.15, -0.1) is 11.5 Å². The molecular formula is C60H64N2. The highest BCUT2D eigenvalue weighted by atomic mass is 15.1. The molecule has 0 radical (unpaired) electrons. The van der Waals surface area contributed by atoms with Crippen molar-refractivity contribution in [1.29, 1.82) is 0 Å². The van der Waals surface area contributed by atoms with Crippen molar-refractivity contribution in [3.05, 3.63) is 282 Å². The molecule has 0 bridgehead atoms. The number of rotatable bonds is 17. The molecule has 2 heteroatoms. The van der Waals surface area contributed by atoms with E-state index in [2.05, 4.69) is 215 Å². The Kier molecular flexibility index (Phi) is 18.6. The molecule has 0 saturated heterocycles. The van der Waals surface area contributed by atoms with Crippen molar-refractivity contribution in [3.8, 4) is 0 Å². The average molecular weight is 813 g/mol. The third kappa shape index (κ3) is 12.0. The number of hydrogen-bond donors (Lipinski definition) is 0. The molecule has 2 aromatic rings. The van der Waals surface area contributed by atoms with Crippen molar-refractivity contribution in [2.45, 2.75) is 60.3 Å². The molecule has 0 amide bonds. The standard InChI is InChI=1S/C60H64N2/c1-12-18-19-26-45-61(54(17-6)41-37-48(9)51-38-42-56(43-39-51)62(50(11)28-13-2)55(29-14-3)30-15-4)57-33-27-32-53(46-57)60(52(16-5)40-36-47(7)8)44-25-21-22-31-49(10)58-34-23-20-24-35-59(58)60/h12-22,24-35,37-43,46H,3,6,10-11,44-45H2,1-2,4-5,7-9H3/b18-12-,25-21-,26-19-,28-13-,30-15-,31-22-,48-37+,52-16+,54-41+,55-29+. The maximum atomic E-state index is 4.53. The summed E-state index contributed by atoms with van der Waals surface area (Å²) in [5.41, 5.74) is 20.0. The predicted octanol–water partition coefficient (Wildman–Crippen LogP) is 16.3. The highest BCUT2D eigenvalue weighted by Crippen LogP contribution is 2.48. The number of hydrogen-bond acceptors (Lipinski definition) is 2. The molecule has 0 spiro atoms. The van der Waals surface area contributed by atoms with Gasteiger partial charge in [0.25, 0.3) is 0 Å². The van der Waals surface area contributed by atoms with Crippen molar-refractivity contribution >= 4 is 16.9 Å². The van der Waals surface area contributed by atoms with Gasteiger partial charge in [0.05, 0.1) is 0 Å². The maximum Gasteiger partial charge on any atom is 0.0495 e. The van der Waals surface area contributed by atoms with Gasteiger partial charge in [-0.3, -0.25) is 0 Å². The molecule has 1 unspecified atom stereocenters. The summed E-state index contributed by atoms with van der Waals surface area (Å²) in [6.07, 6.45) is 48.6. The number of allylic oxidation sites excluding steroid dienone is 26. The minimum atomic E-state index is -0.585. The summed E-state index contributed by atoms with van der Waals surface area (Å²) in [4.78, 5) is 4.45. The van der Waals surface area contributed by atoms with E-state index in [1.165, 1.54) is 0 Å². The second-order valence-corrected chi connectivity index (χ2v) is 15.1. The Balaban J connectivity index is 1.91. The molecule has 2 aliphatic carbocycles. The fraction of sp³-hybridized carbons (Fsp3) is 0.167. The van der Waals surface area contributed by atoms with Gasteiger partial charge < -0.3 is 9.80 Å². The molecule has 2 nitrogen and oxygen atoms in total. The lowest BCUT2D eigenvalue weighted by Gasteiger charge is -2.39. The number of anilines is 2. The molecule has 2 aliphatic rings. The summed E-state index contributed by atoms with van der Waals surface area (Å²) in [6, 6.07) is 17.6. The zero-order valence-corrected chi connectivity index (χ0v) is 38.0. The number of benzene rings is 2. The molecular weight excluding hydrogens is 749 g/mol. The van der Waals surface area contributed by atoms with Crippen LogP contribution in [0.2, 0.25) is 0 Å². The molecule has 0 fully saturated rings. The van der Waals surface area contributed by atoms with Crippen LogP contribution in [-0.4, -0.2) is 6.54 Å². The van der Waals surface area contributed by atoms with E-state index < -0.39 is 5.41 Å². The molecule has 314 valence electrons. The lowest BCUT2D eigenvalue weighted by atomic mass is 9.64. The van der Waals surface area contributed by atoms with E-state index >= 15 is 0 Å². The lowest BCUT2D eigenvalue weighted by Crippen LogP contribution is -2.31. The fourth-order valence-corrected chi connectivity index (χ4v) is 7.57. The molecule has 0 aromatic heterocycles. The van der Waals surface area contributed by atoms with Crippen LogP contribution in [-0.2, 0) is 5.41 Å². The summed E-state index contributed by atoms with van der Waals surface area (Å²) >= 11 is 0. The van der Waals surface area contributed by atoms with Crippen LogP contribution in [0.5, 0.6) is 0 Å². The van der Waals surface area contributed by atoms with Gasteiger partial charge in [0, 0.05) is 40.4 Å². The first kappa shape index (κ1) is 47.6. The summed E-state index contributed by atoms with van der Waals surface area (Å²) < 4.78 is 0. The van der Waals surface area contributed by atoms with Crippen LogP contribution in [0.25, 0.3) is 5.57 Å². The van der Waals surface area contributed by atoms with Crippen LogP contribution in [0.1, 0.15) is 66.0 Å². The quantitative estimate of drug-likeness (QED) is 0.116. The normalized spacial score (nSPS) is 18.3. The van der Waals surface area contributed by atoms with Gasteiger partial charge in [0.1, 0.15) is 0 Å². The largest absolute Gasteiger partial charge is 0.338 e. The van der Waals surface area contributed by atoms with Crippen LogP contribution in [0.15, 0.2) is 271 Å². The van der Waals surface area contributed by atoms with Crippen molar-refractivity contribution in [2.24, 2.45) is 0 Å². The zero-order chi connectivity index (χ0) is 44.9. The first-order valence-electron chi connectivity index (χ1n) is 21.4. The van der Waals surface area contributed by atoms with Gasteiger partial charge in [-0.1, -0.05) is 142 Å². The third-order valence-corrected chi connectivity index (χ3v) is 10.6. The van der Waals surface area contributed by atoms with Crippen LogP contribution in [0.3, 0.4) is 0 Å². The van der Waals surface area contributed by atoms with Crippen molar-refractivity contribution in [2.75, 3.05) is 16.3 Å². The van der Waals surface area contributed by atoms with Crippen molar-refractivity contribution in [1.82, 2.24) is 0 Å². The topological polar surface area (TPSA) is 6.48 Å². The summed E-state index contributed by atoms with van der Waals surface area (Å²) in [7, 11) is 0. The van der Waals surface area contributed by atoms with E-state index in [4.69, 9.17) is 0 Å². The van der Waals surface area contributed by atoms with Crippen LogP contribution < -0.4 is 9.80 Å². The molecule has 4 rings (SSSR count). The molecule has 0 N–H and O–H groups in total. The second kappa shape index (κ2) is 24.2. The Labute approximate surface area is 374 Å². The minimum Gasteiger partial charge on any atom is -0.338 e. The van der Waals surface area contributed by atoms with E-state index in [0.29, 0.717) is 6.54 Å². The molecule has 62 heavy (non-hydrogen) atoms. The summed E-state index contributed by atoms with van der Waals surface area (Å²) in [5.74, 6) is 0. The molecule has 0 aliphatic heterocycles. The summed E-state index contributed by atoms with van der Waals surface area (Å²) in [6.45, 7) is 32.3. The fourth-order valence-electron chi connectivity index (χ4n) is 7.57. The van der Waals surface area contributed by atoms with E-state index in [9.17, 15) is 0 Å². The van der Waals surface area contributed by atoms with Crippen LogP contribution in [0, 0.1) is 0 Å². The summed E-state index contributed by atoms with van der Waals surface area (Å²) in [5, 5.41) is 0. The average Bonchev–Trinajstić information content (AvgIpc) is 3.50. The SMILES string of the molecule is C=C/C=C(\C=C/C)N(C(=C)/C=C\C)c1ccc(/C(C)=C/C=C(\C=C)N(C/C=C\C=C/C)c2cccc(C3(/C(C=C=C(C)C)=C/C)C/C=C\C=C/C(=C)C4=C3C=CC=C=C4)c2)cc1. The third-order valence-electron chi connectivity index (χ3n) is 10.6. The van der Waals surface area contributed by atoms with Gasteiger partial charge in [-0.05, 0) is 172 Å². The van der Waals surface area contributed by atoms with Gasteiger partial charge in [0.15, 0.2) is 0 Å². The Bertz CT molecular complexity index is 2500. The Hall–Kier alpha value is -7.08. The second-order valence-electron chi connectivity index (χ2n) is 15.1. The van der Waals surface area contributed by atoms with E-state index in [1.54, 1.807) is 6.08 Å². The van der Waals surface area contributed by atoms with E-state index in [1.807, 2.05) is 63.3 Å².